The molecule has 2 unspecified atom stereocenters. The number of benzene rings is 1. The summed E-state index contributed by atoms with van der Waals surface area (Å²) < 4.78 is 0. The molecule has 1 fully saturated rings. The van der Waals surface area contributed by atoms with Gasteiger partial charge < -0.3 is 10.7 Å². The molecular formula is C15H23N3O. The van der Waals surface area contributed by atoms with E-state index in [9.17, 15) is 4.79 Å². The van der Waals surface area contributed by atoms with Crippen LogP contribution in [0.4, 0.5) is 5.69 Å². The minimum Gasteiger partial charge on any atom is -0.352 e. The third kappa shape index (κ3) is 3.70. The lowest BCUT2D eigenvalue weighted by Gasteiger charge is -2.26. The monoisotopic (exact) mass is 261 g/mol. The number of carbonyl (C=O) groups excluding carboxylic acids is 1. The van der Waals surface area contributed by atoms with Gasteiger partial charge in [0.05, 0.1) is 11.3 Å². The predicted octanol–water partition coefficient (Wildman–Crippen LogP) is 2.53. The quantitative estimate of drug-likeness (QED) is 0.576. The van der Waals surface area contributed by atoms with E-state index in [1.165, 1.54) is 25.7 Å². The van der Waals surface area contributed by atoms with Crippen molar-refractivity contribution in [2.24, 2.45) is 17.7 Å². The average molecular weight is 261 g/mol. The first-order chi connectivity index (χ1) is 9.20. The molecule has 1 aromatic rings. The SMILES string of the molecule is CC1CCCC(CNC(=O)c2ccccc2NN)C1. The summed E-state index contributed by atoms with van der Waals surface area (Å²) >= 11 is 0. The van der Waals surface area contributed by atoms with Crippen LogP contribution in [-0.4, -0.2) is 12.5 Å². The van der Waals surface area contributed by atoms with Crippen LogP contribution in [0.25, 0.3) is 0 Å². The van der Waals surface area contributed by atoms with Crippen LogP contribution in [0, 0.1) is 11.8 Å². The van der Waals surface area contributed by atoms with Crippen LogP contribution in [0.3, 0.4) is 0 Å². The van der Waals surface area contributed by atoms with Crippen LogP contribution < -0.4 is 16.6 Å². The molecule has 104 valence electrons. The van der Waals surface area contributed by atoms with Gasteiger partial charge in [0.15, 0.2) is 0 Å². The van der Waals surface area contributed by atoms with E-state index < -0.39 is 0 Å². The molecule has 1 saturated carbocycles. The fraction of sp³-hybridized carbons (Fsp3) is 0.533. The van der Waals surface area contributed by atoms with E-state index in [4.69, 9.17) is 5.84 Å². The molecule has 0 aliphatic heterocycles. The second kappa shape index (κ2) is 6.57. The molecule has 4 heteroatoms. The zero-order chi connectivity index (χ0) is 13.7. The largest absolute Gasteiger partial charge is 0.352 e. The van der Waals surface area contributed by atoms with Crippen molar-refractivity contribution in [2.75, 3.05) is 12.0 Å². The molecule has 0 heterocycles. The highest BCUT2D eigenvalue weighted by Gasteiger charge is 2.20. The summed E-state index contributed by atoms with van der Waals surface area (Å²) in [4.78, 5) is 12.1. The zero-order valence-corrected chi connectivity index (χ0v) is 11.5. The van der Waals surface area contributed by atoms with Crippen molar-refractivity contribution >= 4 is 11.6 Å². The summed E-state index contributed by atoms with van der Waals surface area (Å²) in [5.41, 5.74) is 3.83. The van der Waals surface area contributed by atoms with E-state index in [2.05, 4.69) is 17.7 Å². The van der Waals surface area contributed by atoms with Gasteiger partial charge in [-0.1, -0.05) is 31.9 Å². The predicted molar refractivity (Wildman–Crippen MR) is 77.7 cm³/mol. The van der Waals surface area contributed by atoms with Gasteiger partial charge in [0, 0.05) is 6.54 Å². The molecule has 1 amide bonds. The highest BCUT2D eigenvalue weighted by atomic mass is 16.1. The van der Waals surface area contributed by atoms with Crippen molar-refractivity contribution in [3.63, 3.8) is 0 Å². The molecule has 0 radical (unpaired) electrons. The van der Waals surface area contributed by atoms with Gasteiger partial charge >= 0.3 is 0 Å². The Labute approximate surface area is 114 Å². The summed E-state index contributed by atoms with van der Waals surface area (Å²) in [7, 11) is 0. The van der Waals surface area contributed by atoms with E-state index in [0.717, 1.165) is 12.5 Å². The maximum absolute atomic E-state index is 12.1. The van der Waals surface area contributed by atoms with Gasteiger partial charge in [-0.3, -0.25) is 10.6 Å². The maximum Gasteiger partial charge on any atom is 0.253 e. The Hall–Kier alpha value is -1.55. The van der Waals surface area contributed by atoms with E-state index in [-0.39, 0.29) is 5.91 Å². The summed E-state index contributed by atoms with van der Waals surface area (Å²) in [5, 5.41) is 3.03. The first kappa shape index (κ1) is 13.9. The minimum absolute atomic E-state index is 0.0493. The fourth-order valence-electron chi connectivity index (χ4n) is 2.88. The Morgan fingerprint density at radius 1 is 1.37 bits per heavy atom. The van der Waals surface area contributed by atoms with E-state index in [0.29, 0.717) is 17.2 Å². The molecule has 2 rings (SSSR count). The molecular weight excluding hydrogens is 238 g/mol. The first-order valence-corrected chi connectivity index (χ1v) is 7.04. The van der Waals surface area contributed by atoms with E-state index in [1.807, 2.05) is 12.1 Å². The molecule has 2 atom stereocenters. The van der Waals surface area contributed by atoms with Crippen molar-refractivity contribution < 1.29 is 4.79 Å². The number of hydrogen-bond acceptors (Lipinski definition) is 3. The van der Waals surface area contributed by atoms with Gasteiger partial charge in [0.2, 0.25) is 0 Å². The number of nitrogens with one attached hydrogen (secondary N) is 2. The Bertz CT molecular complexity index is 433. The van der Waals surface area contributed by atoms with Gasteiger partial charge in [0.1, 0.15) is 0 Å². The molecule has 1 aromatic carbocycles. The van der Waals surface area contributed by atoms with Gasteiger partial charge in [-0.05, 0) is 36.8 Å². The van der Waals surface area contributed by atoms with Crippen molar-refractivity contribution in [3.8, 4) is 0 Å². The summed E-state index contributed by atoms with van der Waals surface area (Å²) in [5.74, 6) is 6.77. The zero-order valence-electron chi connectivity index (χ0n) is 11.5. The van der Waals surface area contributed by atoms with Crippen LogP contribution in [0.2, 0.25) is 0 Å². The average Bonchev–Trinajstić information content (AvgIpc) is 2.45. The van der Waals surface area contributed by atoms with Gasteiger partial charge in [-0.2, -0.15) is 0 Å². The minimum atomic E-state index is -0.0493. The van der Waals surface area contributed by atoms with Crippen LogP contribution >= 0.6 is 0 Å². The standard InChI is InChI=1S/C15H23N3O/c1-11-5-4-6-12(9-11)10-17-15(19)13-7-2-3-8-14(13)18-16/h2-3,7-8,11-12,18H,4-6,9-10,16H2,1H3,(H,17,19). The number of anilines is 1. The molecule has 4 nitrogen and oxygen atoms in total. The smallest absolute Gasteiger partial charge is 0.253 e. The lowest BCUT2D eigenvalue weighted by Crippen LogP contribution is -2.32. The number of amides is 1. The number of nitrogens with two attached hydrogens (primary N) is 1. The maximum atomic E-state index is 12.1. The topological polar surface area (TPSA) is 67.2 Å². The highest BCUT2D eigenvalue weighted by Crippen LogP contribution is 2.28. The lowest BCUT2D eigenvalue weighted by molar-refractivity contribution is 0.0941. The Morgan fingerprint density at radius 2 is 2.16 bits per heavy atom. The second-order valence-electron chi connectivity index (χ2n) is 5.54. The van der Waals surface area contributed by atoms with E-state index >= 15 is 0 Å². The van der Waals surface area contributed by atoms with Crippen molar-refractivity contribution in [1.82, 2.24) is 5.32 Å². The molecule has 1 aliphatic carbocycles. The normalized spacial score (nSPS) is 22.8. The molecule has 1 aliphatic rings. The van der Waals surface area contributed by atoms with Crippen LogP contribution in [0.5, 0.6) is 0 Å². The van der Waals surface area contributed by atoms with Crippen LogP contribution in [-0.2, 0) is 0 Å². The Balaban J connectivity index is 1.90. The molecule has 0 spiro atoms. The van der Waals surface area contributed by atoms with Gasteiger partial charge in [-0.15, -0.1) is 0 Å². The second-order valence-corrected chi connectivity index (χ2v) is 5.54. The molecule has 0 aromatic heterocycles. The Morgan fingerprint density at radius 3 is 2.89 bits per heavy atom. The molecule has 0 bridgehead atoms. The number of rotatable bonds is 4. The van der Waals surface area contributed by atoms with Crippen molar-refractivity contribution in [2.45, 2.75) is 32.6 Å². The van der Waals surface area contributed by atoms with Gasteiger partial charge in [-0.25, -0.2) is 0 Å². The molecule has 4 N–H and O–H groups in total. The number of para-hydroxylation sites is 1. The number of hydrogen-bond donors (Lipinski definition) is 3. The first-order valence-electron chi connectivity index (χ1n) is 7.04. The Kier molecular flexibility index (Phi) is 4.80. The van der Waals surface area contributed by atoms with Crippen molar-refractivity contribution in [1.29, 1.82) is 0 Å². The van der Waals surface area contributed by atoms with E-state index in [1.54, 1.807) is 12.1 Å². The summed E-state index contributed by atoms with van der Waals surface area (Å²) in [6.07, 6.45) is 5.05. The summed E-state index contributed by atoms with van der Waals surface area (Å²) in [6, 6.07) is 7.29. The lowest BCUT2D eigenvalue weighted by atomic mass is 9.82. The number of nitrogen functional groups attached to an aromatic ring is 1. The molecule has 0 saturated heterocycles. The van der Waals surface area contributed by atoms with Crippen LogP contribution in [0.1, 0.15) is 43.0 Å². The fourth-order valence-corrected chi connectivity index (χ4v) is 2.88. The highest BCUT2D eigenvalue weighted by molar-refractivity contribution is 5.99. The number of carbonyl (C=O) groups is 1. The van der Waals surface area contributed by atoms with Gasteiger partial charge in [0.25, 0.3) is 5.91 Å². The number of hydrazine groups is 1. The van der Waals surface area contributed by atoms with Crippen LogP contribution in [0.15, 0.2) is 24.3 Å². The van der Waals surface area contributed by atoms with Crippen molar-refractivity contribution in [3.05, 3.63) is 29.8 Å². The molecule has 19 heavy (non-hydrogen) atoms. The summed E-state index contributed by atoms with van der Waals surface area (Å²) in [6.45, 7) is 3.06. The third-order valence-corrected chi connectivity index (χ3v) is 3.92. The third-order valence-electron chi connectivity index (χ3n) is 3.92.